The Morgan fingerprint density at radius 1 is 1.24 bits per heavy atom. The van der Waals surface area contributed by atoms with Gasteiger partial charge in [0.15, 0.2) is 0 Å². The molecule has 34 heavy (non-hydrogen) atoms. The molecular formula is C26H36N4O4. The highest BCUT2D eigenvalue weighted by molar-refractivity contribution is 5.81. The summed E-state index contributed by atoms with van der Waals surface area (Å²) in [6, 6.07) is 4.11. The van der Waals surface area contributed by atoms with Gasteiger partial charge in [0.25, 0.3) is 5.56 Å². The van der Waals surface area contributed by atoms with Gasteiger partial charge in [0, 0.05) is 31.0 Å². The minimum absolute atomic E-state index is 0.160. The molecule has 1 amide bonds. The molecule has 1 aliphatic heterocycles. The van der Waals surface area contributed by atoms with Crippen molar-refractivity contribution in [2.24, 2.45) is 5.92 Å². The first-order valence-electron chi connectivity index (χ1n) is 12.1. The number of rotatable bonds is 9. The number of aliphatic carboxylic acids is 1. The van der Waals surface area contributed by atoms with Crippen LogP contribution >= 0.6 is 0 Å². The molecule has 1 fully saturated rings. The van der Waals surface area contributed by atoms with Crippen LogP contribution in [-0.2, 0) is 9.59 Å². The summed E-state index contributed by atoms with van der Waals surface area (Å²) in [7, 11) is 0. The minimum atomic E-state index is -1.02. The van der Waals surface area contributed by atoms with Crippen molar-refractivity contribution in [3.63, 3.8) is 0 Å². The number of nitrogens with zero attached hydrogens (tertiary/aromatic N) is 3. The van der Waals surface area contributed by atoms with Crippen molar-refractivity contribution in [1.82, 2.24) is 14.9 Å². The third-order valence-electron chi connectivity index (χ3n) is 6.41. The second-order valence-electron chi connectivity index (χ2n) is 9.77. The molecule has 1 aliphatic rings. The summed E-state index contributed by atoms with van der Waals surface area (Å²) in [5, 5.41) is 12.5. The quantitative estimate of drug-likeness (QED) is 0.579. The molecule has 0 saturated carbocycles. The molecule has 1 saturated heterocycles. The van der Waals surface area contributed by atoms with Crippen molar-refractivity contribution >= 4 is 17.6 Å². The Hall–Kier alpha value is -3.16. The van der Waals surface area contributed by atoms with Crippen LogP contribution in [0.3, 0.4) is 0 Å². The van der Waals surface area contributed by atoms with E-state index in [2.05, 4.69) is 22.1 Å². The number of hydrogen-bond acceptors (Lipinski definition) is 5. The lowest BCUT2D eigenvalue weighted by atomic mass is 9.99. The number of carbonyl (C=O) groups is 2. The Balaban J connectivity index is 1.90. The maximum absolute atomic E-state index is 13.4. The average Bonchev–Trinajstić information content (AvgIpc) is 2.77. The summed E-state index contributed by atoms with van der Waals surface area (Å²) in [5.41, 5.74) is 2.15. The number of anilines is 1. The van der Waals surface area contributed by atoms with Gasteiger partial charge >= 0.3 is 5.97 Å². The maximum atomic E-state index is 13.4. The van der Waals surface area contributed by atoms with Gasteiger partial charge in [-0.05, 0) is 68.7 Å². The molecule has 2 N–H and O–H groups in total. The summed E-state index contributed by atoms with van der Waals surface area (Å²) in [4.78, 5) is 44.4. The number of aromatic nitrogens is 2. The van der Waals surface area contributed by atoms with Gasteiger partial charge in [-0.1, -0.05) is 13.8 Å². The number of hydrogen-bond donors (Lipinski definition) is 2. The molecule has 0 bridgehead atoms. The third-order valence-corrected chi connectivity index (χ3v) is 6.41. The first kappa shape index (κ1) is 25.5. The van der Waals surface area contributed by atoms with Gasteiger partial charge in [0.1, 0.15) is 6.04 Å². The summed E-state index contributed by atoms with van der Waals surface area (Å²) >= 11 is 0. The molecule has 3 rings (SSSR count). The summed E-state index contributed by atoms with van der Waals surface area (Å²) in [5.74, 6) is -1.23. The molecule has 0 aromatic carbocycles. The van der Waals surface area contributed by atoms with Gasteiger partial charge in [-0.25, -0.2) is 0 Å². The van der Waals surface area contributed by atoms with Gasteiger partial charge in [-0.15, -0.1) is 0 Å². The van der Waals surface area contributed by atoms with E-state index in [0.717, 1.165) is 30.6 Å². The number of piperidine rings is 1. The highest BCUT2D eigenvalue weighted by Gasteiger charge is 2.28. The zero-order valence-corrected chi connectivity index (χ0v) is 20.5. The lowest BCUT2D eigenvalue weighted by molar-refractivity contribution is -0.138. The highest BCUT2D eigenvalue weighted by atomic mass is 16.4. The van der Waals surface area contributed by atoms with E-state index in [4.69, 9.17) is 0 Å². The number of carbonyl (C=O) groups excluding carboxylic acids is 1. The highest BCUT2D eigenvalue weighted by Crippen LogP contribution is 2.28. The predicted octanol–water partition coefficient (Wildman–Crippen LogP) is 3.85. The second-order valence-corrected chi connectivity index (χ2v) is 9.77. The zero-order valence-electron chi connectivity index (χ0n) is 20.5. The fourth-order valence-corrected chi connectivity index (χ4v) is 4.61. The van der Waals surface area contributed by atoms with E-state index < -0.39 is 18.1 Å². The van der Waals surface area contributed by atoms with Crippen LogP contribution in [0.4, 0.5) is 5.69 Å². The van der Waals surface area contributed by atoms with Gasteiger partial charge in [-0.2, -0.15) is 0 Å². The van der Waals surface area contributed by atoms with Crippen LogP contribution in [0.25, 0.3) is 0 Å². The molecule has 8 nitrogen and oxygen atoms in total. The molecule has 3 heterocycles. The van der Waals surface area contributed by atoms with Crippen LogP contribution in [0.2, 0.25) is 0 Å². The molecule has 8 heteroatoms. The van der Waals surface area contributed by atoms with E-state index in [-0.39, 0.29) is 23.8 Å². The van der Waals surface area contributed by atoms with E-state index in [1.165, 1.54) is 17.1 Å². The Labute approximate surface area is 201 Å². The van der Waals surface area contributed by atoms with Crippen molar-refractivity contribution in [1.29, 1.82) is 0 Å². The van der Waals surface area contributed by atoms with Gasteiger partial charge in [0.2, 0.25) is 5.91 Å². The average molecular weight is 469 g/mol. The first-order chi connectivity index (χ1) is 16.2. The molecular weight excluding hydrogens is 432 g/mol. The lowest BCUT2D eigenvalue weighted by Gasteiger charge is -2.35. The Morgan fingerprint density at radius 2 is 2.00 bits per heavy atom. The fraction of sp³-hybridized carbons (Fsp3) is 0.538. The van der Waals surface area contributed by atoms with Crippen molar-refractivity contribution < 1.29 is 14.7 Å². The topological polar surface area (TPSA) is 105 Å². The SMILES string of the molecule is Cc1ccn([C@@H](CC(C)C)C(=O)N[C@@H](CC(=O)O)c2cncc(N3CCCC[C@@H]3C)c2)c(=O)c1. The molecule has 0 spiro atoms. The van der Waals surface area contributed by atoms with E-state index in [0.29, 0.717) is 18.0 Å². The number of carboxylic acids is 1. The Kier molecular flexibility index (Phi) is 8.47. The third kappa shape index (κ3) is 6.46. The van der Waals surface area contributed by atoms with Gasteiger partial charge in [-0.3, -0.25) is 19.4 Å². The number of aryl methyl sites for hydroxylation is 1. The molecule has 0 unspecified atom stereocenters. The van der Waals surface area contributed by atoms with Crippen LogP contribution in [0.1, 0.15) is 76.1 Å². The maximum Gasteiger partial charge on any atom is 0.305 e. The number of amides is 1. The Morgan fingerprint density at radius 3 is 2.65 bits per heavy atom. The summed E-state index contributed by atoms with van der Waals surface area (Å²) in [6.45, 7) is 8.91. The molecule has 184 valence electrons. The van der Waals surface area contributed by atoms with Crippen LogP contribution in [0.15, 0.2) is 41.6 Å². The number of nitrogens with one attached hydrogen (secondary N) is 1. The van der Waals surface area contributed by atoms with Crippen LogP contribution in [0, 0.1) is 12.8 Å². The van der Waals surface area contributed by atoms with E-state index in [9.17, 15) is 19.5 Å². The molecule has 0 aliphatic carbocycles. The molecule has 2 aromatic rings. The van der Waals surface area contributed by atoms with Crippen molar-refractivity contribution in [2.75, 3.05) is 11.4 Å². The fourth-order valence-electron chi connectivity index (χ4n) is 4.61. The van der Waals surface area contributed by atoms with Crippen molar-refractivity contribution in [3.05, 3.63) is 58.3 Å². The second kappa shape index (κ2) is 11.3. The van der Waals surface area contributed by atoms with E-state index in [1.54, 1.807) is 24.7 Å². The summed E-state index contributed by atoms with van der Waals surface area (Å²) < 4.78 is 1.43. The van der Waals surface area contributed by atoms with Crippen molar-refractivity contribution in [2.45, 2.75) is 77.9 Å². The van der Waals surface area contributed by atoms with Crippen LogP contribution in [-0.4, -0.2) is 39.1 Å². The van der Waals surface area contributed by atoms with E-state index in [1.807, 2.05) is 26.8 Å². The van der Waals surface area contributed by atoms with Gasteiger partial charge < -0.3 is 19.9 Å². The zero-order chi connectivity index (χ0) is 24.8. The molecule has 3 atom stereocenters. The predicted molar refractivity (Wildman–Crippen MR) is 132 cm³/mol. The number of carboxylic acid groups (broad SMARTS) is 1. The standard InChI is InChI=1S/C26H36N4O4/c1-17(2)11-23(30-10-8-18(3)12-24(30)31)26(34)28-22(14-25(32)33)20-13-21(16-27-15-20)29-9-6-5-7-19(29)4/h8,10,12-13,15-17,19,22-23H,5-7,9,11,14H2,1-4H3,(H,28,34)(H,32,33)/t19-,22-,23-/m0/s1. The normalized spacial score (nSPS) is 17.9. The van der Waals surface area contributed by atoms with E-state index >= 15 is 0 Å². The smallest absolute Gasteiger partial charge is 0.305 e. The summed E-state index contributed by atoms with van der Waals surface area (Å²) in [6.07, 6.45) is 8.62. The van der Waals surface area contributed by atoms with Gasteiger partial charge in [0.05, 0.1) is 24.3 Å². The number of pyridine rings is 2. The largest absolute Gasteiger partial charge is 0.481 e. The van der Waals surface area contributed by atoms with Crippen LogP contribution in [0.5, 0.6) is 0 Å². The molecule has 0 radical (unpaired) electrons. The monoisotopic (exact) mass is 468 g/mol. The first-order valence-corrected chi connectivity index (χ1v) is 12.1. The van der Waals surface area contributed by atoms with Crippen molar-refractivity contribution in [3.8, 4) is 0 Å². The Bertz CT molecular complexity index is 1060. The van der Waals surface area contributed by atoms with Crippen LogP contribution < -0.4 is 15.8 Å². The minimum Gasteiger partial charge on any atom is -0.481 e. The lowest BCUT2D eigenvalue weighted by Crippen LogP contribution is -2.40. The molecule has 2 aromatic heterocycles.